The van der Waals surface area contributed by atoms with Crippen LogP contribution in [0, 0.1) is 0 Å². The van der Waals surface area contributed by atoms with Crippen LogP contribution in [0.4, 0.5) is 5.69 Å². The third-order valence-corrected chi connectivity index (χ3v) is 5.22. The van der Waals surface area contributed by atoms with Gasteiger partial charge in [-0.15, -0.1) is 0 Å². The highest BCUT2D eigenvalue weighted by Crippen LogP contribution is 2.29. The molecular formula is C25H34N2O4. The molecule has 2 unspecified atom stereocenters. The van der Waals surface area contributed by atoms with Crippen LogP contribution in [-0.2, 0) is 9.53 Å². The first-order valence-corrected chi connectivity index (χ1v) is 10.9. The Bertz CT molecular complexity index is 836. The summed E-state index contributed by atoms with van der Waals surface area (Å²) in [6.07, 6.45) is 1.70. The smallest absolute Gasteiger partial charge is 0.265 e. The number of benzene rings is 2. The third-order valence-electron chi connectivity index (χ3n) is 5.22. The Labute approximate surface area is 185 Å². The van der Waals surface area contributed by atoms with Crippen LogP contribution in [-0.4, -0.2) is 38.2 Å². The summed E-state index contributed by atoms with van der Waals surface area (Å²) in [7, 11) is 1.63. The van der Waals surface area contributed by atoms with E-state index >= 15 is 0 Å². The summed E-state index contributed by atoms with van der Waals surface area (Å²) in [5.41, 5.74) is 2.27. The minimum atomic E-state index is -0.603. The van der Waals surface area contributed by atoms with Crippen molar-refractivity contribution in [2.24, 2.45) is 0 Å². The number of hydrogen-bond acceptors (Lipinski definition) is 4. The van der Waals surface area contributed by atoms with E-state index < -0.39 is 6.10 Å². The molecule has 2 atom stereocenters. The van der Waals surface area contributed by atoms with E-state index in [9.17, 15) is 9.59 Å². The number of anilines is 1. The van der Waals surface area contributed by atoms with Crippen LogP contribution in [0.5, 0.6) is 5.75 Å². The van der Waals surface area contributed by atoms with Gasteiger partial charge in [-0.05, 0) is 61.1 Å². The van der Waals surface area contributed by atoms with Crippen LogP contribution < -0.4 is 15.4 Å². The van der Waals surface area contributed by atoms with Crippen LogP contribution in [0.2, 0.25) is 0 Å². The minimum absolute atomic E-state index is 0.148. The summed E-state index contributed by atoms with van der Waals surface area (Å²) >= 11 is 0. The zero-order valence-electron chi connectivity index (χ0n) is 18.9. The van der Waals surface area contributed by atoms with Gasteiger partial charge in [-0.3, -0.25) is 9.59 Å². The van der Waals surface area contributed by atoms with Gasteiger partial charge in [-0.2, -0.15) is 0 Å². The SMILES string of the molecule is CCC(Oc1ccccc1C(C)CC)C(=O)Nc1ccc(C(=O)NCCCOC)cc1. The van der Waals surface area contributed by atoms with Gasteiger partial charge in [0.1, 0.15) is 5.75 Å². The maximum absolute atomic E-state index is 12.8. The van der Waals surface area contributed by atoms with Gasteiger partial charge in [-0.1, -0.05) is 39.0 Å². The van der Waals surface area contributed by atoms with Crippen molar-refractivity contribution in [2.75, 3.05) is 25.6 Å². The van der Waals surface area contributed by atoms with Gasteiger partial charge in [-0.25, -0.2) is 0 Å². The number of hydrogen-bond donors (Lipinski definition) is 2. The molecule has 2 N–H and O–H groups in total. The fraction of sp³-hybridized carbons (Fsp3) is 0.440. The maximum Gasteiger partial charge on any atom is 0.265 e. The van der Waals surface area contributed by atoms with Crippen LogP contribution >= 0.6 is 0 Å². The van der Waals surface area contributed by atoms with E-state index in [0.29, 0.717) is 36.7 Å². The summed E-state index contributed by atoms with van der Waals surface area (Å²) in [5, 5.41) is 5.73. The van der Waals surface area contributed by atoms with E-state index in [1.54, 1.807) is 31.4 Å². The highest BCUT2D eigenvalue weighted by Gasteiger charge is 2.21. The molecule has 2 rings (SSSR count). The number of carbonyl (C=O) groups excluding carboxylic acids is 2. The number of amides is 2. The van der Waals surface area contributed by atoms with E-state index in [1.807, 2.05) is 31.2 Å². The lowest BCUT2D eigenvalue weighted by Gasteiger charge is -2.21. The Morgan fingerprint density at radius 3 is 2.35 bits per heavy atom. The van der Waals surface area contributed by atoms with Gasteiger partial charge in [0.2, 0.25) is 0 Å². The summed E-state index contributed by atoms with van der Waals surface area (Å²) in [6.45, 7) is 7.37. The number of nitrogens with one attached hydrogen (secondary N) is 2. The molecule has 2 amide bonds. The predicted molar refractivity (Wildman–Crippen MR) is 124 cm³/mol. The van der Waals surface area contributed by atoms with Crippen molar-refractivity contribution in [2.45, 2.75) is 52.1 Å². The lowest BCUT2D eigenvalue weighted by atomic mass is 9.98. The van der Waals surface area contributed by atoms with Gasteiger partial charge in [0.15, 0.2) is 6.10 Å². The molecule has 2 aromatic carbocycles. The van der Waals surface area contributed by atoms with E-state index in [2.05, 4.69) is 24.5 Å². The monoisotopic (exact) mass is 426 g/mol. The van der Waals surface area contributed by atoms with Gasteiger partial charge >= 0.3 is 0 Å². The molecule has 31 heavy (non-hydrogen) atoms. The molecule has 0 aliphatic heterocycles. The average molecular weight is 427 g/mol. The normalized spacial score (nSPS) is 12.6. The highest BCUT2D eigenvalue weighted by atomic mass is 16.5. The Balaban J connectivity index is 1.98. The molecule has 6 nitrogen and oxygen atoms in total. The van der Waals surface area contributed by atoms with Crippen LogP contribution in [0.3, 0.4) is 0 Å². The van der Waals surface area contributed by atoms with E-state index in [4.69, 9.17) is 9.47 Å². The van der Waals surface area contributed by atoms with Crippen LogP contribution in [0.1, 0.15) is 61.9 Å². The Morgan fingerprint density at radius 2 is 1.71 bits per heavy atom. The first-order chi connectivity index (χ1) is 15.0. The molecule has 0 bridgehead atoms. The standard InChI is InChI=1S/C25H34N2O4/c1-5-18(3)21-10-7-8-11-23(21)31-22(6-2)25(29)27-20-14-12-19(13-15-20)24(28)26-16-9-17-30-4/h7-8,10-15,18,22H,5-6,9,16-17H2,1-4H3,(H,26,28)(H,27,29). The average Bonchev–Trinajstić information content (AvgIpc) is 2.80. The second-order valence-electron chi connectivity index (χ2n) is 7.53. The Morgan fingerprint density at radius 1 is 1.00 bits per heavy atom. The number of ether oxygens (including phenoxy) is 2. The van der Waals surface area contributed by atoms with Crippen molar-refractivity contribution in [3.63, 3.8) is 0 Å². The number of rotatable bonds is 12. The lowest BCUT2D eigenvalue weighted by molar-refractivity contribution is -0.122. The van der Waals surface area contributed by atoms with Crippen molar-refractivity contribution >= 4 is 17.5 Å². The maximum atomic E-state index is 12.8. The second-order valence-corrected chi connectivity index (χ2v) is 7.53. The topological polar surface area (TPSA) is 76.7 Å². The fourth-order valence-electron chi connectivity index (χ4n) is 3.14. The summed E-state index contributed by atoms with van der Waals surface area (Å²) in [5.74, 6) is 0.743. The summed E-state index contributed by atoms with van der Waals surface area (Å²) in [6, 6.07) is 14.7. The first kappa shape index (κ1) is 24.4. The van der Waals surface area contributed by atoms with Crippen molar-refractivity contribution < 1.29 is 19.1 Å². The Hall–Kier alpha value is -2.86. The molecule has 0 heterocycles. The number of carbonyl (C=O) groups is 2. The first-order valence-electron chi connectivity index (χ1n) is 10.9. The largest absolute Gasteiger partial charge is 0.480 e. The second kappa shape index (κ2) is 12.7. The molecule has 0 fully saturated rings. The van der Waals surface area contributed by atoms with Crippen LogP contribution in [0.25, 0.3) is 0 Å². The summed E-state index contributed by atoms with van der Waals surface area (Å²) < 4.78 is 11.1. The molecule has 0 aliphatic rings. The van der Waals surface area contributed by atoms with E-state index in [0.717, 1.165) is 24.2 Å². The quantitative estimate of drug-likeness (QED) is 0.480. The molecule has 0 spiro atoms. The molecule has 0 aromatic heterocycles. The number of methoxy groups -OCH3 is 1. The molecule has 0 aliphatic carbocycles. The molecule has 2 aromatic rings. The Kier molecular flexibility index (Phi) is 10.0. The molecule has 0 radical (unpaired) electrons. The molecule has 0 saturated heterocycles. The summed E-state index contributed by atoms with van der Waals surface area (Å²) in [4.78, 5) is 24.9. The van der Waals surface area contributed by atoms with Gasteiger partial charge in [0.25, 0.3) is 11.8 Å². The van der Waals surface area contributed by atoms with E-state index in [1.165, 1.54) is 0 Å². The third kappa shape index (κ3) is 7.40. The molecule has 6 heteroatoms. The zero-order valence-corrected chi connectivity index (χ0v) is 18.9. The van der Waals surface area contributed by atoms with Gasteiger partial charge in [0, 0.05) is 31.5 Å². The lowest BCUT2D eigenvalue weighted by Crippen LogP contribution is -2.32. The predicted octanol–water partition coefficient (Wildman–Crippen LogP) is 4.76. The van der Waals surface area contributed by atoms with E-state index in [-0.39, 0.29) is 11.8 Å². The molecule has 168 valence electrons. The van der Waals surface area contributed by atoms with Crippen molar-refractivity contribution in [1.82, 2.24) is 5.32 Å². The van der Waals surface area contributed by atoms with Gasteiger partial charge in [0.05, 0.1) is 0 Å². The van der Waals surface area contributed by atoms with Gasteiger partial charge < -0.3 is 20.1 Å². The molecular weight excluding hydrogens is 392 g/mol. The van der Waals surface area contributed by atoms with Crippen molar-refractivity contribution in [3.05, 3.63) is 59.7 Å². The molecule has 0 saturated carbocycles. The minimum Gasteiger partial charge on any atom is -0.480 e. The highest BCUT2D eigenvalue weighted by molar-refractivity contribution is 5.97. The zero-order chi connectivity index (χ0) is 22.6. The van der Waals surface area contributed by atoms with Crippen molar-refractivity contribution in [1.29, 1.82) is 0 Å². The fourth-order valence-corrected chi connectivity index (χ4v) is 3.14. The number of para-hydroxylation sites is 1. The van der Waals surface area contributed by atoms with Crippen molar-refractivity contribution in [3.8, 4) is 5.75 Å². The van der Waals surface area contributed by atoms with Crippen LogP contribution in [0.15, 0.2) is 48.5 Å².